The molecule has 0 unspecified atom stereocenters. The lowest BCUT2D eigenvalue weighted by atomic mass is 9.91. The van der Waals surface area contributed by atoms with Crippen LogP contribution in [0.5, 0.6) is 0 Å². The van der Waals surface area contributed by atoms with Crippen LogP contribution in [-0.4, -0.2) is 56.3 Å². The highest BCUT2D eigenvalue weighted by Gasteiger charge is 2.25. The first-order valence-corrected chi connectivity index (χ1v) is 12.1. The molecule has 2 amide bonds. The average molecular weight is 452 g/mol. The summed E-state index contributed by atoms with van der Waals surface area (Å²) in [4.78, 5) is 26.3. The number of hydrogen-bond donors (Lipinski definition) is 3. The molecule has 0 radical (unpaired) electrons. The van der Waals surface area contributed by atoms with Crippen LogP contribution >= 0.6 is 0 Å². The van der Waals surface area contributed by atoms with E-state index in [-0.39, 0.29) is 12.1 Å². The smallest absolute Gasteiger partial charge is 0.319 e. The van der Waals surface area contributed by atoms with Crippen molar-refractivity contribution in [2.24, 2.45) is 0 Å². The molecule has 1 aromatic heterocycles. The largest absolute Gasteiger partial charge is 0.378 e. The number of carbonyl (C=O) groups is 1. The van der Waals surface area contributed by atoms with E-state index in [1.165, 1.54) is 24.1 Å². The molecular weight excluding hydrogens is 414 g/mol. The Morgan fingerprint density at radius 2 is 1.55 bits per heavy atom. The minimum absolute atomic E-state index is 0.141. The topological polar surface area (TPSA) is 85.4 Å². The number of rotatable bonds is 6. The number of nitrogens with zero attached hydrogens (tertiary/aromatic N) is 4. The Kier molecular flexibility index (Phi) is 7.20. The second kappa shape index (κ2) is 10.3. The zero-order valence-corrected chi connectivity index (χ0v) is 20.3. The minimum atomic E-state index is -0.141. The van der Waals surface area contributed by atoms with E-state index in [9.17, 15) is 4.79 Å². The quantitative estimate of drug-likeness (QED) is 0.615. The highest BCUT2D eigenvalue weighted by molar-refractivity contribution is 5.89. The van der Waals surface area contributed by atoms with Crippen molar-refractivity contribution in [2.75, 3.05) is 48.6 Å². The molecule has 33 heavy (non-hydrogen) atoms. The lowest BCUT2D eigenvalue weighted by Crippen LogP contribution is -2.42. The summed E-state index contributed by atoms with van der Waals surface area (Å²) in [6, 6.07) is 8.23. The molecule has 1 fully saturated rings. The van der Waals surface area contributed by atoms with E-state index in [0.29, 0.717) is 6.04 Å². The van der Waals surface area contributed by atoms with Crippen molar-refractivity contribution in [1.29, 1.82) is 0 Å². The van der Waals surface area contributed by atoms with E-state index in [2.05, 4.69) is 34.9 Å². The summed E-state index contributed by atoms with van der Waals surface area (Å²) in [6.07, 6.45) is 8.39. The second-order valence-corrected chi connectivity index (χ2v) is 9.63. The van der Waals surface area contributed by atoms with Crippen LogP contribution in [0.1, 0.15) is 49.8 Å². The van der Waals surface area contributed by atoms with Gasteiger partial charge in [0.05, 0.1) is 5.69 Å². The van der Waals surface area contributed by atoms with Gasteiger partial charge in [0.25, 0.3) is 0 Å². The molecule has 1 aromatic carbocycles. The van der Waals surface area contributed by atoms with Gasteiger partial charge >= 0.3 is 6.03 Å². The third-order valence-electron chi connectivity index (χ3n) is 6.62. The SMILES string of the molecule is CN(C)c1ccc(NC(=O)NC2CCC(Nc3nc4c(c(N(C)C)n3)CCCC4)CC2)cc1. The maximum atomic E-state index is 12.4. The van der Waals surface area contributed by atoms with E-state index in [1.807, 2.05) is 43.3 Å². The molecule has 8 heteroatoms. The Morgan fingerprint density at radius 3 is 2.21 bits per heavy atom. The molecule has 0 saturated heterocycles. The van der Waals surface area contributed by atoms with Gasteiger partial charge in [-0.25, -0.2) is 9.78 Å². The normalized spacial score (nSPS) is 19.9. The van der Waals surface area contributed by atoms with Crippen LogP contribution in [0.25, 0.3) is 0 Å². The van der Waals surface area contributed by atoms with E-state index >= 15 is 0 Å². The molecule has 2 aliphatic carbocycles. The minimum Gasteiger partial charge on any atom is -0.378 e. The van der Waals surface area contributed by atoms with Crippen LogP contribution in [0.2, 0.25) is 0 Å². The van der Waals surface area contributed by atoms with Crippen LogP contribution in [0.4, 0.5) is 27.9 Å². The number of amides is 2. The first kappa shape index (κ1) is 23.1. The molecule has 2 aliphatic rings. The number of nitrogens with one attached hydrogen (secondary N) is 3. The highest BCUT2D eigenvalue weighted by Crippen LogP contribution is 2.29. The van der Waals surface area contributed by atoms with Gasteiger partial charge in [-0.15, -0.1) is 0 Å². The van der Waals surface area contributed by atoms with Crippen molar-refractivity contribution >= 4 is 29.2 Å². The van der Waals surface area contributed by atoms with Gasteiger partial charge in [-0.3, -0.25) is 0 Å². The van der Waals surface area contributed by atoms with Crippen molar-refractivity contribution < 1.29 is 4.79 Å². The van der Waals surface area contributed by atoms with Crippen LogP contribution in [0, 0.1) is 0 Å². The number of aromatic nitrogens is 2. The number of urea groups is 1. The molecule has 4 rings (SSSR count). The predicted octanol–water partition coefficient (Wildman–Crippen LogP) is 4.03. The van der Waals surface area contributed by atoms with Gasteiger partial charge in [-0.05, 0) is 75.6 Å². The van der Waals surface area contributed by atoms with Gasteiger partial charge in [0.15, 0.2) is 0 Å². The standard InChI is InChI=1S/C25H37N7O/c1-31(2)20-15-13-19(14-16-20)28-25(33)27-18-11-9-17(10-12-18)26-24-29-22-8-6-5-7-21(22)23(30-24)32(3)4/h13-18H,5-12H2,1-4H3,(H,26,29,30)(H2,27,28,33). The van der Waals surface area contributed by atoms with Crippen LogP contribution in [-0.2, 0) is 12.8 Å². The molecule has 3 N–H and O–H groups in total. The van der Waals surface area contributed by atoms with Crippen molar-refractivity contribution in [1.82, 2.24) is 15.3 Å². The monoisotopic (exact) mass is 451 g/mol. The third-order valence-corrected chi connectivity index (χ3v) is 6.62. The Balaban J connectivity index is 1.28. The zero-order valence-electron chi connectivity index (χ0n) is 20.3. The molecule has 0 atom stereocenters. The summed E-state index contributed by atoms with van der Waals surface area (Å²) in [7, 11) is 8.11. The van der Waals surface area contributed by atoms with Crippen LogP contribution < -0.4 is 25.8 Å². The lowest BCUT2D eigenvalue weighted by molar-refractivity contribution is 0.243. The fraction of sp³-hybridized carbons (Fsp3) is 0.560. The first-order valence-electron chi connectivity index (χ1n) is 12.1. The lowest BCUT2D eigenvalue weighted by Gasteiger charge is -2.30. The third kappa shape index (κ3) is 5.86. The van der Waals surface area contributed by atoms with Gasteiger partial charge in [0, 0.05) is 57.2 Å². The summed E-state index contributed by atoms with van der Waals surface area (Å²) in [6.45, 7) is 0. The maximum Gasteiger partial charge on any atom is 0.319 e. The number of carbonyl (C=O) groups excluding carboxylic acids is 1. The zero-order chi connectivity index (χ0) is 23.4. The molecule has 1 saturated carbocycles. The average Bonchev–Trinajstić information content (AvgIpc) is 2.80. The molecule has 0 spiro atoms. The van der Waals surface area contributed by atoms with Gasteiger partial charge in [-0.2, -0.15) is 4.98 Å². The Morgan fingerprint density at radius 1 is 0.879 bits per heavy atom. The molecule has 2 aromatic rings. The molecular formula is C25H37N7O. The Bertz CT molecular complexity index is 950. The first-order chi connectivity index (χ1) is 15.9. The van der Waals surface area contributed by atoms with Gasteiger partial charge in [0.1, 0.15) is 5.82 Å². The second-order valence-electron chi connectivity index (χ2n) is 9.63. The van der Waals surface area contributed by atoms with E-state index in [4.69, 9.17) is 9.97 Å². The fourth-order valence-corrected chi connectivity index (χ4v) is 4.77. The van der Waals surface area contributed by atoms with Crippen molar-refractivity contribution in [3.05, 3.63) is 35.5 Å². The summed E-state index contributed by atoms with van der Waals surface area (Å²) in [5, 5.41) is 9.64. The molecule has 178 valence electrons. The molecule has 0 aliphatic heterocycles. The fourth-order valence-electron chi connectivity index (χ4n) is 4.77. The Labute approximate surface area is 197 Å². The molecule has 0 bridgehead atoms. The molecule has 1 heterocycles. The van der Waals surface area contributed by atoms with Crippen molar-refractivity contribution in [3.63, 3.8) is 0 Å². The summed E-state index contributed by atoms with van der Waals surface area (Å²) < 4.78 is 0. The van der Waals surface area contributed by atoms with Gasteiger partial charge in [0.2, 0.25) is 5.95 Å². The summed E-state index contributed by atoms with van der Waals surface area (Å²) >= 11 is 0. The van der Waals surface area contributed by atoms with Crippen LogP contribution in [0.3, 0.4) is 0 Å². The van der Waals surface area contributed by atoms with Gasteiger partial charge < -0.3 is 25.8 Å². The van der Waals surface area contributed by atoms with E-state index < -0.39 is 0 Å². The number of benzene rings is 1. The summed E-state index contributed by atoms with van der Waals surface area (Å²) in [5.74, 6) is 1.79. The van der Waals surface area contributed by atoms with E-state index in [1.54, 1.807) is 0 Å². The number of anilines is 4. The maximum absolute atomic E-state index is 12.4. The van der Waals surface area contributed by atoms with E-state index in [0.717, 1.165) is 61.7 Å². The Hall–Kier alpha value is -3.03. The van der Waals surface area contributed by atoms with Crippen LogP contribution in [0.15, 0.2) is 24.3 Å². The summed E-state index contributed by atoms with van der Waals surface area (Å²) in [5.41, 5.74) is 4.42. The highest BCUT2D eigenvalue weighted by atomic mass is 16.2. The predicted molar refractivity (Wildman–Crippen MR) is 136 cm³/mol. The molecule has 8 nitrogen and oxygen atoms in total. The van der Waals surface area contributed by atoms with Crippen molar-refractivity contribution in [2.45, 2.75) is 63.5 Å². The number of fused-ring (bicyclic) bond motifs is 1. The van der Waals surface area contributed by atoms with Crippen molar-refractivity contribution in [3.8, 4) is 0 Å². The number of aryl methyl sites for hydroxylation is 1. The van der Waals surface area contributed by atoms with Gasteiger partial charge in [-0.1, -0.05) is 0 Å². The number of hydrogen-bond acceptors (Lipinski definition) is 6.